The number of ether oxygens (including phenoxy) is 5. The molecule has 0 bridgehead atoms. The van der Waals surface area contributed by atoms with Crippen molar-refractivity contribution in [2.45, 2.75) is 42.7 Å². The van der Waals surface area contributed by atoms with E-state index in [1.165, 1.54) is 11.8 Å². The van der Waals surface area contributed by atoms with Crippen LogP contribution < -0.4 is 4.74 Å². The SMILES string of the molecule is COc1ccc(CO[C@@H]2[C@@H](N=[N+]=[N-])[C@H](SC)O[C@@H]3COC(c4ccccc4)O[C@@H]23)cc1. The zero-order valence-electron chi connectivity index (χ0n) is 17.4. The third-order valence-corrected chi connectivity index (χ3v) is 6.25. The number of thioether (sulfide) groups is 1. The summed E-state index contributed by atoms with van der Waals surface area (Å²) in [6.07, 6.45) is 0.155. The molecule has 0 N–H and O–H groups in total. The molecular weight excluding hydrogens is 418 g/mol. The molecule has 6 atom stereocenters. The van der Waals surface area contributed by atoms with Crippen molar-refractivity contribution in [1.82, 2.24) is 0 Å². The summed E-state index contributed by atoms with van der Waals surface area (Å²) in [5.41, 5.74) is 10.7. The van der Waals surface area contributed by atoms with E-state index in [9.17, 15) is 5.53 Å². The molecule has 4 rings (SSSR count). The van der Waals surface area contributed by atoms with Crippen molar-refractivity contribution in [3.8, 4) is 5.75 Å². The summed E-state index contributed by atoms with van der Waals surface area (Å²) in [6.45, 7) is 0.712. The van der Waals surface area contributed by atoms with Crippen LogP contribution in [0.2, 0.25) is 0 Å². The number of fused-ring (bicyclic) bond motifs is 1. The minimum Gasteiger partial charge on any atom is -0.497 e. The second-order valence-corrected chi connectivity index (χ2v) is 8.21. The van der Waals surface area contributed by atoms with Gasteiger partial charge < -0.3 is 23.7 Å². The Morgan fingerprint density at radius 3 is 2.58 bits per heavy atom. The molecule has 2 aromatic rings. The van der Waals surface area contributed by atoms with Crippen molar-refractivity contribution in [2.75, 3.05) is 20.0 Å². The van der Waals surface area contributed by atoms with E-state index < -0.39 is 24.5 Å². The molecule has 0 radical (unpaired) electrons. The van der Waals surface area contributed by atoms with Gasteiger partial charge in [-0.3, -0.25) is 0 Å². The quantitative estimate of drug-likeness (QED) is 0.356. The lowest BCUT2D eigenvalue weighted by molar-refractivity contribution is -0.311. The van der Waals surface area contributed by atoms with Crippen molar-refractivity contribution in [1.29, 1.82) is 0 Å². The molecule has 8 nitrogen and oxygen atoms in total. The molecule has 2 heterocycles. The van der Waals surface area contributed by atoms with Crippen LogP contribution in [0.1, 0.15) is 17.4 Å². The standard InChI is InChI=1S/C22H25N3O5S/c1-26-16-10-8-14(9-11-16)12-27-20-18(24-25-23)22(31-2)29-17-13-28-21(30-19(17)20)15-6-4-3-5-7-15/h3-11,17-22H,12-13H2,1-2H3/t17-,18-,19-,20-,21?,22+/m1/s1. The average Bonchev–Trinajstić information content (AvgIpc) is 2.83. The Labute approximate surface area is 185 Å². The van der Waals surface area contributed by atoms with Crippen molar-refractivity contribution in [2.24, 2.45) is 5.11 Å². The fourth-order valence-corrected chi connectivity index (χ4v) is 4.56. The highest BCUT2D eigenvalue weighted by Gasteiger charge is 2.50. The van der Waals surface area contributed by atoms with E-state index in [-0.39, 0.29) is 11.5 Å². The molecule has 1 unspecified atom stereocenters. The zero-order chi connectivity index (χ0) is 21.6. The Hall–Kier alpha value is -2.26. The van der Waals surface area contributed by atoms with Gasteiger partial charge >= 0.3 is 0 Å². The molecule has 2 aliphatic rings. The van der Waals surface area contributed by atoms with Crippen molar-refractivity contribution in [3.63, 3.8) is 0 Å². The molecule has 0 amide bonds. The maximum absolute atomic E-state index is 9.18. The lowest BCUT2D eigenvalue weighted by Crippen LogP contribution is -2.61. The average molecular weight is 444 g/mol. The van der Waals surface area contributed by atoms with E-state index in [4.69, 9.17) is 23.7 Å². The Bertz CT molecular complexity index is 894. The summed E-state index contributed by atoms with van der Waals surface area (Å²) in [4.78, 5) is 3.05. The third-order valence-electron chi connectivity index (χ3n) is 5.40. The Morgan fingerprint density at radius 1 is 1.13 bits per heavy atom. The Balaban J connectivity index is 1.56. The molecule has 9 heteroatoms. The molecule has 0 spiro atoms. The first-order chi connectivity index (χ1) is 15.2. The molecule has 2 fully saturated rings. The van der Waals surface area contributed by atoms with Gasteiger partial charge in [-0.05, 0) is 29.5 Å². The second-order valence-electron chi connectivity index (χ2n) is 7.27. The summed E-state index contributed by atoms with van der Waals surface area (Å²) < 4.78 is 29.9. The number of hydrogen-bond acceptors (Lipinski definition) is 7. The number of rotatable bonds is 7. The molecule has 2 saturated heterocycles. The first kappa shape index (κ1) is 22.0. The lowest BCUT2D eigenvalue weighted by Gasteiger charge is -2.48. The second kappa shape index (κ2) is 10.4. The third kappa shape index (κ3) is 4.98. The van der Waals surface area contributed by atoms with E-state index >= 15 is 0 Å². The Kier molecular flexibility index (Phi) is 7.34. The monoisotopic (exact) mass is 443 g/mol. The van der Waals surface area contributed by atoms with Gasteiger partial charge in [0, 0.05) is 10.5 Å². The minimum atomic E-state index is -0.533. The maximum Gasteiger partial charge on any atom is 0.184 e. The maximum atomic E-state index is 9.18. The van der Waals surface area contributed by atoms with E-state index in [2.05, 4.69) is 10.0 Å². The minimum absolute atomic E-state index is 0.316. The van der Waals surface area contributed by atoms with Crippen LogP contribution >= 0.6 is 11.8 Å². The van der Waals surface area contributed by atoms with Gasteiger partial charge in [-0.15, -0.1) is 11.8 Å². The molecule has 0 aromatic heterocycles. The zero-order valence-corrected chi connectivity index (χ0v) is 18.2. The topological polar surface area (TPSA) is 94.9 Å². The van der Waals surface area contributed by atoms with E-state index in [0.717, 1.165) is 16.9 Å². The van der Waals surface area contributed by atoms with Crippen molar-refractivity contribution < 1.29 is 23.7 Å². The highest BCUT2D eigenvalue weighted by atomic mass is 32.2. The van der Waals surface area contributed by atoms with Gasteiger partial charge in [-0.1, -0.05) is 47.6 Å². The summed E-state index contributed by atoms with van der Waals surface area (Å²) in [5.74, 6) is 0.780. The van der Waals surface area contributed by atoms with Gasteiger partial charge in [0.15, 0.2) is 6.29 Å². The van der Waals surface area contributed by atoms with Gasteiger partial charge in [0.05, 0.1) is 26.4 Å². The molecule has 0 aliphatic carbocycles. The molecule has 31 heavy (non-hydrogen) atoms. The van der Waals surface area contributed by atoms with Gasteiger partial charge in [0.2, 0.25) is 0 Å². The summed E-state index contributed by atoms with van der Waals surface area (Å²) in [6, 6.07) is 16.9. The summed E-state index contributed by atoms with van der Waals surface area (Å²) in [5, 5.41) is 4.01. The molecule has 2 aromatic carbocycles. The normalized spacial score (nSPS) is 30.1. The first-order valence-electron chi connectivity index (χ1n) is 10.0. The highest BCUT2D eigenvalue weighted by molar-refractivity contribution is 7.99. The van der Waals surface area contributed by atoms with Crippen molar-refractivity contribution >= 4 is 11.8 Å². The fraction of sp³-hybridized carbons (Fsp3) is 0.455. The summed E-state index contributed by atoms with van der Waals surface area (Å²) >= 11 is 1.48. The largest absolute Gasteiger partial charge is 0.497 e. The lowest BCUT2D eigenvalue weighted by atomic mass is 9.97. The summed E-state index contributed by atoms with van der Waals surface area (Å²) in [7, 11) is 1.63. The van der Waals surface area contributed by atoms with Gasteiger partial charge in [-0.25, -0.2) is 0 Å². The van der Waals surface area contributed by atoms with Crippen LogP contribution in [-0.2, 0) is 25.6 Å². The fourth-order valence-electron chi connectivity index (χ4n) is 3.82. The van der Waals surface area contributed by atoms with Crippen molar-refractivity contribution in [3.05, 3.63) is 76.2 Å². The Morgan fingerprint density at radius 2 is 1.90 bits per heavy atom. The van der Waals surface area contributed by atoms with Crippen LogP contribution in [0.3, 0.4) is 0 Å². The number of hydrogen-bond donors (Lipinski definition) is 0. The molecule has 2 aliphatic heterocycles. The number of methoxy groups -OCH3 is 1. The molecular formula is C22H25N3O5S. The van der Waals surface area contributed by atoms with Crippen LogP contribution in [0.25, 0.3) is 10.4 Å². The van der Waals surface area contributed by atoms with Crippen LogP contribution in [-0.4, -0.2) is 49.8 Å². The predicted molar refractivity (Wildman–Crippen MR) is 117 cm³/mol. The number of nitrogens with zero attached hydrogens (tertiary/aromatic N) is 3. The first-order valence-corrected chi connectivity index (χ1v) is 11.3. The number of azide groups is 1. The van der Waals surface area contributed by atoms with Crippen LogP contribution in [0.5, 0.6) is 5.75 Å². The molecule has 0 saturated carbocycles. The predicted octanol–water partition coefficient (Wildman–Crippen LogP) is 4.46. The highest BCUT2D eigenvalue weighted by Crippen LogP contribution is 2.39. The van der Waals surface area contributed by atoms with Gasteiger partial charge in [-0.2, -0.15) is 0 Å². The van der Waals surface area contributed by atoms with Crippen LogP contribution in [0.15, 0.2) is 59.7 Å². The van der Waals surface area contributed by atoms with Crippen LogP contribution in [0.4, 0.5) is 0 Å². The van der Waals surface area contributed by atoms with E-state index in [1.54, 1.807) is 7.11 Å². The number of benzene rings is 2. The van der Waals surface area contributed by atoms with E-state index in [1.807, 2.05) is 60.9 Å². The van der Waals surface area contributed by atoms with Gasteiger partial charge in [0.1, 0.15) is 29.4 Å². The van der Waals surface area contributed by atoms with Crippen LogP contribution in [0, 0.1) is 0 Å². The smallest absolute Gasteiger partial charge is 0.184 e. The molecule has 164 valence electrons. The van der Waals surface area contributed by atoms with E-state index in [0.29, 0.717) is 13.2 Å². The van der Waals surface area contributed by atoms with Gasteiger partial charge in [0.25, 0.3) is 0 Å².